The SMILES string of the molecule is O=C/C=C/c1ccc(C2CC2)c([N+](=O)[O-])c1. The van der Waals surface area contributed by atoms with Crippen LogP contribution in [0.3, 0.4) is 0 Å². The Bertz CT molecular complexity index is 461. The zero-order valence-corrected chi connectivity index (χ0v) is 8.63. The lowest BCUT2D eigenvalue weighted by Gasteiger charge is -2.01. The predicted octanol–water partition coefficient (Wildman–Crippen LogP) is 2.68. The Hall–Kier alpha value is -1.97. The van der Waals surface area contributed by atoms with E-state index in [2.05, 4.69) is 0 Å². The second-order valence-corrected chi connectivity index (χ2v) is 3.84. The van der Waals surface area contributed by atoms with Gasteiger partial charge in [0.15, 0.2) is 0 Å². The number of nitro groups is 1. The number of aldehydes is 1. The summed E-state index contributed by atoms with van der Waals surface area (Å²) in [5, 5.41) is 10.9. The topological polar surface area (TPSA) is 60.2 Å². The van der Waals surface area contributed by atoms with Crippen molar-refractivity contribution in [3.8, 4) is 0 Å². The average Bonchev–Trinajstić information content (AvgIpc) is 3.09. The van der Waals surface area contributed by atoms with Gasteiger partial charge in [0.05, 0.1) is 4.92 Å². The molecule has 16 heavy (non-hydrogen) atoms. The highest BCUT2D eigenvalue weighted by molar-refractivity contribution is 5.74. The molecule has 82 valence electrons. The fourth-order valence-electron chi connectivity index (χ4n) is 1.71. The normalized spacial score (nSPS) is 15.2. The van der Waals surface area contributed by atoms with Gasteiger partial charge in [-0.3, -0.25) is 14.9 Å². The molecule has 1 aliphatic carbocycles. The Balaban J connectivity index is 2.38. The number of carbonyl (C=O) groups is 1. The molecule has 0 aromatic heterocycles. The van der Waals surface area contributed by atoms with Crippen LogP contribution in [-0.4, -0.2) is 11.2 Å². The first-order chi connectivity index (χ1) is 7.72. The van der Waals surface area contributed by atoms with Crippen molar-refractivity contribution in [2.24, 2.45) is 0 Å². The molecule has 0 N–H and O–H groups in total. The average molecular weight is 217 g/mol. The maximum absolute atomic E-state index is 10.9. The zero-order valence-electron chi connectivity index (χ0n) is 8.63. The fourth-order valence-corrected chi connectivity index (χ4v) is 1.71. The van der Waals surface area contributed by atoms with Crippen LogP contribution < -0.4 is 0 Å². The van der Waals surface area contributed by atoms with E-state index in [0.717, 1.165) is 18.4 Å². The fraction of sp³-hybridized carbons (Fsp3) is 0.250. The lowest BCUT2D eigenvalue weighted by atomic mass is 10.1. The summed E-state index contributed by atoms with van der Waals surface area (Å²) in [4.78, 5) is 20.7. The van der Waals surface area contributed by atoms with Crippen LogP contribution in [0, 0.1) is 10.1 Å². The molecule has 1 aliphatic rings. The van der Waals surface area contributed by atoms with Gasteiger partial charge in [0.1, 0.15) is 6.29 Å². The summed E-state index contributed by atoms with van der Waals surface area (Å²) >= 11 is 0. The van der Waals surface area contributed by atoms with Crippen molar-refractivity contribution in [3.05, 3.63) is 45.5 Å². The molecule has 0 atom stereocenters. The number of rotatable bonds is 4. The molecular weight excluding hydrogens is 206 g/mol. The van der Waals surface area contributed by atoms with Crippen molar-refractivity contribution in [2.75, 3.05) is 0 Å². The van der Waals surface area contributed by atoms with Gasteiger partial charge in [0.2, 0.25) is 0 Å². The van der Waals surface area contributed by atoms with Crippen LogP contribution in [-0.2, 0) is 4.79 Å². The van der Waals surface area contributed by atoms with Crippen LogP contribution in [0.2, 0.25) is 0 Å². The minimum absolute atomic E-state index is 0.163. The van der Waals surface area contributed by atoms with E-state index in [0.29, 0.717) is 17.8 Å². The van der Waals surface area contributed by atoms with Crippen molar-refractivity contribution < 1.29 is 9.72 Å². The third kappa shape index (κ3) is 2.16. The van der Waals surface area contributed by atoms with Crippen LogP contribution in [0.25, 0.3) is 6.08 Å². The summed E-state index contributed by atoms with van der Waals surface area (Å²) < 4.78 is 0. The summed E-state index contributed by atoms with van der Waals surface area (Å²) in [6.45, 7) is 0. The zero-order chi connectivity index (χ0) is 11.5. The van der Waals surface area contributed by atoms with Crippen LogP contribution in [0.1, 0.15) is 29.9 Å². The molecule has 0 saturated heterocycles. The molecule has 0 spiro atoms. The molecule has 1 aromatic carbocycles. The molecule has 1 aromatic rings. The number of benzene rings is 1. The molecule has 0 unspecified atom stereocenters. The van der Waals surface area contributed by atoms with Crippen LogP contribution in [0.4, 0.5) is 5.69 Å². The molecule has 0 bridgehead atoms. The Morgan fingerprint density at radius 2 is 2.12 bits per heavy atom. The van der Waals surface area contributed by atoms with E-state index in [1.54, 1.807) is 18.2 Å². The molecular formula is C12H11NO3. The molecule has 0 amide bonds. The van der Waals surface area contributed by atoms with Crippen molar-refractivity contribution in [2.45, 2.75) is 18.8 Å². The Morgan fingerprint density at radius 3 is 2.69 bits per heavy atom. The highest BCUT2D eigenvalue weighted by Gasteiger charge is 2.30. The predicted molar refractivity (Wildman–Crippen MR) is 60.2 cm³/mol. The summed E-state index contributed by atoms with van der Waals surface area (Å²) in [6.07, 6.45) is 5.61. The first-order valence-electron chi connectivity index (χ1n) is 5.12. The highest BCUT2D eigenvalue weighted by atomic mass is 16.6. The van der Waals surface area contributed by atoms with E-state index >= 15 is 0 Å². The van der Waals surface area contributed by atoms with Gasteiger partial charge in [0, 0.05) is 11.6 Å². The van der Waals surface area contributed by atoms with Crippen molar-refractivity contribution >= 4 is 18.0 Å². The molecule has 4 nitrogen and oxygen atoms in total. The maximum atomic E-state index is 10.9. The summed E-state index contributed by atoms with van der Waals surface area (Å²) in [5.74, 6) is 0.351. The molecule has 0 radical (unpaired) electrons. The van der Waals surface area contributed by atoms with E-state index in [1.165, 1.54) is 12.1 Å². The Morgan fingerprint density at radius 1 is 1.38 bits per heavy atom. The van der Waals surface area contributed by atoms with Gasteiger partial charge < -0.3 is 0 Å². The first-order valence-corrected chi connectivity index (χ1v) is 5.12. The lowest BCUT2D eigenvalue weighted by Crippen LogP contribution is -1.94. The summed E-state index contributed by atoms with van der Waals surface area (Å²) in [6, 6.07) is 5.12. The monoisotopic (exact) mass is 217 g/mol. The summed E-state index contributed by atoms with van der Waals surface area (Å²) in [5.41, 5.74) is 1.66. The van der Waals surface area contributed by atoms with Crippen molar-refractivity contribution in [1.29, 1.82) is 0 Å². The first kappa shape index (κ1) is 10.5. The maximum Gasteiger partial charge on any atom is 0.273 e. The minimum atomic E-state index is -0.355. The third-order valence-electron chi connectivity index (χ3n) is 2.64. The molecule has 4 heteroatoms. The van der Waals surface area contributed by atoms with Gasteiger partial charge in [-0.25, -0.2) is 0 Å². The number of nitrogens with zero attached hydrogens (tertiary/aromatic N) is 1. The quantitative estimate of drug-likeness (QED) is 0.337. The smallest absolute Gasteiger partial charge is 0.273 e. The van der Waals surface area contributed by atoms with E-state index in [4.69, 9.17) is 0 Å². The van der Waals surface area contributed by atoms with Crippen LogP contribution >= 0.6 is 0 Å². The van der Waals surface area contributed by atoms with Gasteiger partial charge in [-0.2, -0.15) is 0 Å². The van der Waals surface area contributed by atoms with E-state index in [9.17, 15) is 14.9 Å². The molecule has 1 fully saturated rings. The molecule has 0 aliphatic heterocycles. The number of hydrogen-bond donors (Lipinski definition) is 0. The van der Waals surface area contributed by atoms with E-state index in [1.807, 2.05) is 0 Å². The number of nitro benzene ring substituents is 1. The summed E-state index contributed by atoms with van der Waals surface area (Å²) in [7, 11) is 0. The van der Waals surface area contributed by atoms with E-state index in [-0.39, 0.29) is 10.6 Å². The number of carbonyl (C=O) groups excluding carboxylic acids is 1. The van der Waals surface area contributed by atoms with Gasteiger partial charge in [-0.05, 0) is 30.4 Å². The van der Waals surface area contributed by atoms with Gasteiger partial charge in [-0.15, -0.1) is 0 Å². The number of allylic oxidation sites excluding steroid dienone is 1. The van der Waals surface area contributed by atoms with Crippen molar-refractivity contribution in [1.82, 2.24) is 0 Å². The standard InChI is InChI=1S/C12H11NO3/c14-7-1-2-9-3-6-11(10-4-5-10)12(8-9)13(15)16/h1-3,6-8,10H,4-5H2/b2-1+. The third-order valence-corrected chi connectivity index (χ3v) is 2.64. The molecule has 1 saturated carbocycles. The largest absolute Gasteiger partial charge is 0.299 e. The Kier molecular flexibility index (Phi) is 2.81. The van der Waals surface area contributed by atoms with Crippen LogP contribution in [0.15, 0.2) is 24.3 Å². The molecule has 0 heterocycles. The van der Waals surface area contributed by atoms with Crippen LogP contribution in [0.5, 0.6) is 0 Å². The Labute approximate surface area is 92.7 Å². The second-order valence-electron chi connectivity index (χ2n) is 3.84. The second kappa shape index (κ2) is 4.26. The van der Waals surface area contributed by atoms with Gasteiger partial charge >= 0.3 is 0 Å². The number of hydrogen-bond acceptors (Lipinski definition) is 3. The van der Waals surface area contributed by atoms with Gasteiger partial charge in [-0.1, -0.05) is 18.2 Å². The highest BCUT2D eigenvalue weighted by Crippen LogP contribution is 2.44. The van der Waals surface area contributed by atoms with E-state index < -0.39 is 0 Å². The minimum Gasteiger partial charge on any atom is -0.299 e. The van der Waals surface area contributed by atoms with Crippen molar-refractivity contribution in [3.63, 3.8) is 0 Å². The lowest BCUT2D eigenvalue weighted by molar-refractivity contribution is -0.385. The van der Waals surface area contributed by atoms with Gasteiger partial charge in [0.25, 0.3) is 5.69 Å². The molecule has 2 rings (SSSR count).